The van der Waals surface area contributed by atoms with E-state index in [1.54, 1.807) is 44.9 Å². The number of rotatable bonds is 5. The molecule has 0 aliphatic carbocycles. The number of carbonyl (C=O) groups excluding carboxylic acids is 2. The van der Waals surface area contributed by atoms with E-state index in [1.807, 2.05) is 50.2 Å². The first-order chi connectivity index (χ1) is 18.1. The average molecular weight is 532 g/mol. The van der Waals surface area contributed by atoms with Crippen molar-refractivity contribution in [1.29, 1.82) is 0 Å². The number of ether oxygens (including phenoxy) is 2. The maximum absolute atomic E-state index is 14.2. The van der Waals surface area contributed by atoms with Crippen molar-refractivity contribution in [3.8, 4) is 5.75 Å². The lowest BCUT2D eigenvalue weighted by atomic mass is 9.95. The van der Waals surface area contributed by atoms with Crippen LogP contribution in [0.15, 0.2) is 69.6 Å². The second-order valence-corrected chi connectivity index (χ2v) is 10.8. The molecular weight excluding hydrogens is 502 g/mol. The van der Waals surface area contributed by atoms with Crippen LogP contribution in [0.3, 0.4) is 0 Å². The molecule has 0 spiro atoms. The van der Waals surface area contributed by atoms with Crippen LogP contribution in [-0.4, -0.2) is 35.7 Å². The van der Waals surface area contributed by atoms with Crippen molar-refractivity contribution >= 4 is 34.5 Å². The zero-order chi connectivity index (χ0) is 27.3. The summed E-state index contributed by atoms with van der Waals surface area (Å²) in [6.07, 6.45) is -0.352. The third-order valence-corrected chi connectivity index (χ3v) is 7.63. The van der Waals surface area contributed by atoms with Crippen molar-refractivity contribution in [2.75, 3.05) is 12.0 Å². The van der Waals surface area contributed by atoms with E-state index in [9.17, 15) is 14.4 Å². The number of thiazole rings is 1. The highest BCUT2D eigenvalue weighted by atomic mass is 32.1. The lowest BCUT2D eigenvalue weighted by Gasteiger charge is -2.25. The number of carbonyl (C=O) groups is 2. The van der Waals surface area contributed by atoms with Crippen LogP contribution in [0, 0.1) is 0 Å². The van der Waals surface area contributed by atoms with E-state index >= 15 is 0 Å². The SMILES string of the molecule is COc1cccc([C@@H]2C(C(=O)OC(C)C)=C(C)N=c3s/c(=C4\C(=O)N(C(C)C)c5ccccc54)c(=O)n32)c1. The highest BCUT2D eigenvalue weighted by Gasteiger charge is 2.38. The van der Waals surface area contributed by atoms with E-state index in [0.29, 0.717) is 37.5 Å². The summed E-state index contributed by atoms with van der Waals surface area (Å²) < 4.78 is 12.8. The molecule has 3 aromatic rings. The van der Waals surface area contributed by atoms with Crippen LogP contribution in [0.2, 0.25) is 0 Å². The van der Waals surface area contributed by atoms with E-state index in [1.165, 1.54) is 4.57 Å². The second-order valence-electron chi connectivity index (χ2n) is 9.79. The summed E-state index contributed by atoms with van der Waals surface area (Å²) in [7, 11) is 1.56. The minimum atomic E-state index is -0.796. The largest absolute Gasteiger partial charge is 0.497 e. The number of nitrogens with zero attached hydrogens (tertiary/aromatic N) is 3. The number of anilines is 1. The third-order valence-electron chi connectivity index (χ3n) is 6.58. The molecule has 2 aliphatic heterocycles. The van der Waals surface area contributed by atoms with E-state index < -0.39 is 12.0 Å². The Bertz CT molecular complexity index is 1680. The molecule has 1 atom stereocenters. The van der Waals surface area contributed by atoms with E-state index in [-0.39, 0.29) is 29.2 Å². The first-order valence-electron chi connectivity index (χ1n) is 12.5. The van der Waals surface area contributed by atoms with Crippen molar-refractivity contribution in [2.45, 2.75) is 52.8 Å². The quantitative estimate of drug-likeness (QED) is 0.471. The number of fused-ring (bicyclic) bond motifs is 2. The van der Waals surface area contributed by atoms with Crippen LogP contribution in [-0.2, 0) is 14.3 Å². The van der Waals surface area contributed by atoms with Gasteiger partial charge in [-0.05, 0) is 58.4 Å². The molecule has 0 saturated heterocycles. The maximum Gasteiger partial charge on any atom is 0.338 e. The number of methoxy groups -OCH3 is 1. The van der Waals surface area contributed by atoms with Gasteiger partial charge in [-0.1, -0.05) is 41.7 Å². The van der Waals surface area contributed by atoms with Crippen molar-refractivity contribution in [1.82, 2.24) is 4.57 Å². The normalized spacial score (nSPS) is 18.1. The van der Waals surface area contributed by atoms with Crippen LogP contribution in [0.5, 0.6) is 5.75 Å². The summed E-state index contributed by atoms with van der Waals surface area (Å²) in [6.45, 7) is 9.17. The Hall–Kier alpha value is -3.98. The molecule has 0 radical (unpaired) electrons. The molecule has 38 heavy (non-hydrogen) atoms. The number of para-hydroxylation sites is 1. The van der Waals surface area contributed by atoms with Gasteiger partial charge in [0.25, 0.3) is 11.5 Å². The molecule has 0 bridgehead atoms. The summed E-state index contributed by atoms with van der Waals surface area (Å²) in [6, 6.07) is 13.8. The van der Waals surface area contributed by atoms with E-state index in [4.69, 9.17) is 9.47 Å². The fourth-order valence-electron chi connectivity index (χ4n) is 5.01. The minimum absolute atomic E-state index is 0.0889. The molecule has 196 valence electrons. The molecule has 5 rings (SSSR count). The number of hydrogen-bond acceptors (Lipinski definition) is 7. The van der Waals surface area contributed by atoms with Gasteiger partial charge in [-0.2, -0.15) is 0 Å². The molecule has 1 aromatic heterocycles. The van der Waals surface area contributed by atoms with Crippen molar-refractivity contribution in [2.24, 2.45) is 4.99 Å². The fourth-order valence-corrected chi connectivity index (χ4v) is 6.15. The van der Waals surface area contributed by atoms with Crippen LogP contribution >= 0.6 is 11.3 Å². The number of amides is 1. The van der Waals surface area contributed by atoms with Crippen LogP contribution in [0.1, 0.15) is 51.8 Å². The van der Waals surface area contributed by atoms with Crippen molar-refractivity contribution < 1.29 is 19.1 Å². The Kier molecular flexibility index (Phi) is 6.56. The summed E-state index contributed by atoms with van der Waals surface area (Å²) in [5.41, 5.74) is 2.87. The molecule has 0 saturated carbocycles. The Morgan fingerprint density at radius 1 is 1.05 bits per heavy atom. The molecule has 2 aliphatic rings. The van der Waals surface area contributed by atoms with E-state index in [0.717, 1.165) is 17.0 Å². The molecular formula is C29H29N3O5S. The average Bonchev–Trinajstić information content (AvgIpc) is 3.35. The molecule has 1 amide bonds. The van der Waals surface area contributed by atoms with Gasteiger partial charge < -0.3 is 14.4 Å². The van der Waals surface area contributed by atoms with Crippen LogP contribution < -0.4 is 24.5 Å². The van der Waals surface area contributed by atoms with Gasteiger partial charge in [0.1, 0.15) is 10.3 Å². The Morgan fingerprint density at radius 2 is 1.79 bits per heavy atom. The first kappa shape index (κ1) is 25.7. The first-order valence-corrected chi connectivity index (χ1v) is 13.3. The molecule has 2 aromatic carbocycles. The zero-order valence-electron chi connectivity index (χ0n) is 22.1. The van der Waals surface area contributed by atoms with Gasteiger partial charge in [0.15, 0.2) is 4.80 Å². The Balaban J connectivity index is 1.82. The molecule has 0 N–H and O–H groups in total. The van der Waals surface area contributed by atoms with Gasteiger partial charge >= 0.3 is 5.97 Å². The fraction of sp³-hybridized carbons (Fsp3) is 0.310. The Labute approximate surface area is 224 Å². The molecule has 3 heterocycles. The molecule has 0 fully saturated rings. The highest BCUT2D eigenvalue weighted by molar-refractivity contribution is 7.07. The zero-order valence-corrected chi connectivity index (χ0v) is 23.0. The number of allylic oxidation sites excluding steroid dienone is 1. The van der Waals surface area contributed by atoms with Crippen molar-refractivity contribution in [3.63, 3.8) is 0 Å². The standard InChI is InChI=1S/C29H29N3O5S/c1-15(2)31-21-13-8-7-12-20(21)23(26(31)33)25-27(34)32-24(18-10-9-11-19(14-18)36-6)22(28(35)37-16(3)4)17(5)30-29(32)38-25/h7-16,24H,1-6H3/b25-23-/t24-/m1/s1. The number of benzene rings is 2. The lowest BCUT2D eigenvalue weighted by molar-refractivity contribution is -0.143. The van der Waals surface area contributed by atoms with Crippen LogP contribution in [0.4, 0.5) is 5.69 Å². The van der Waals surface area contributed by atoms with Gasteiger partial charge in [0.05, 0.1) is 41.8 Å². The van der Waals surface area contributed by atoms with Gasteiger partial charge in [0, 0.05) is 11.6 Å². The lowest BCUT2D eigenvalue weighted by Crippen LogP contribution is -2.41. The number of hydrogen-bond donors (Lipinski definition) is 0. The summed E-state index contributed by atoms with van der Waals surface area (Å²) in [4.78, 5) is 48.0. The minimum Gasteiger partial charge on any atom is -0.497 e. The monoisotopic (exact) mass is 531 g/mol. The van der Waals surface area contributed by atoms with Gasteiger partial charge in [-0.25, -0.2) is 9.79 Å². The topological polar surface area (TPSA) is 90.2 Å². The second kappa shape index (κ2) is 9.72. The number of esters is 1. The Morgan fingerprint density at radius 3 is 2.47 bits per heavy atom. The van der Waals surface area contributed by atoms with Gasteiger partial charge in [-0.3, -0.25) is 14.2 Å². The van der Waals surface area contributed by atoms with Gasteiger partial charge in [0.2, 0.25) is 0 Å². The van der Waals surface area contributed by atoms with E-state index in [2.05, 4.69) is 4.99 Å². The highest BCUT2D eigenvalue weighted by Crippen LogP contribution is 2.37. The number of aromatic nitrogens is 1. The van der Waals surface area contributed by atoms with Crippen LogP contribution in [0.25, 0.3) is 5.57 Å². The summed E-state index contributed by atoms with van der Waals surface area (Å²) >= 11 is 1.16. The predicted molar refractivity (Wildman–Crippen MR) is 146 cm³/mol. The van der Waals surface area contributed by atoms with Gasteiger partial charge in [-0.15, -0.1) is 0 Å². The summed E-state index contributed by atoms with van der Waals surface area (Å²) in [5, 5.41) is 0. The molecule has 8 nitrogen and oxygen atoms in total. The smallest absolute Gasteiger partial charge is 0.338 e. The predicted octanol–water partition coefficient (Wildman–Crippen LogP) is 3.32. The molecule has 0 unspecified atom stereocenters. The summed E-state index contributed by atoms with van der Waals surface area (Å²) in [5.74, 6) is -0.175. The molecule has 9 heteroatoms. The maximum atomic E-state index is 14.2. The third kappa shape index (κ3) is 4.07. The van der Waals surface area contributed by atoms with Crippen molar-refractivity contribution in [3.05, 3.63) is 90.6 Å².